The number of esters is 2. The molecule has 1 N–H and O–H groups in total. The highest BCUT2D eigenvalue weighted by Crippen LogP contribution is 2.43. The fraction of sp³-hybridized carbons (Fsp3) is 0.545. The van der Waals surface area contributed by atoms with Crippen LogP contribution in [0.4, 0.5) is 0 Å². The van der Waals surface area contributed by atoms with Gasteiger partial charge in [0, 0.05) is 12.8 Å². The van der Waals surface area contributed by atoms with E-state index in [1.807, 2.05) is 21.1 Å². The Labute approximate surface area is 464 Å². The van der Waals surface area contributed by atoms with Gasteiger partial charge in [0.2, 0.25) is 0 Å². The lowest BCUT2D eigenvalue weighted by atomic mass is 10.1. The number of quaternary nitrogens is 1. The van der Waals surface area contributed by atoms with Gasteiger partial charge in [-0.25, -0.2) is 4.57 Å². The largest absolute Gasteiger partial charge is 0.472 e. The van der Waals surface area contributed by atoms with Gasteiger partial charge in [-0.05, 0) is 122 Å². The Hall–Kier alpha value is -4.63. The zero-order valence-electron chi connectivity index (χ0n) is 48.2. The van der Waals surface area contributed by atoms with E-state index < -0.39 is 32.5 Å². The lowest BCUT2D eigenvalue weighted by Crippen LogP contribution is -2.37. The Morgan fingerprint density at radius 1 is 0.408 bits per heavy atom. The summed E-state index contributed by atoms with van der Waals surface area (Å²) in [5.41, 5.74) is 0. The number of phosphoric ester groups is 1. The third kappa shape index (κ3) is 58.6. The summed E-state index contributed by atoms with van der Waals surface area (Å²) < 4.78 is 34.5. The van der Waals surface area contributed by atoms with Crippen LogP contribution >= 0.6 is 7.82 Å². The van der Waals surface area contributed by atoms with Crippen molar-refractivity contribution in [3.63, 3.8) is 0 Å². The van der Waals surface area contributed by atoms with Gasteiger partial charge in [0.05, 0.1) is 27.7 Å². The summed E-state index contributed by atoms with van der Waals surface area (Å²) in [6.45, 7) is 4.09. The van der Waals surface area contributed by atoms with E-state index in [9.17, 15) is 19.0 Å². The van der Waals surface area contributed by atoms with Crippen molar-refractivity contribution >= 4 is 19.8 Å². The van der Waals surface area contributed by atoms with Crippen molar-refractivity contribution in [3.05, 3.63) is 170 Å². The third-order valence-corrected chi connectivity index (χ3v) is 12.2. The van der Waals surface area contributed by atoms with Crippen LogP contribution in [0, 0.1) is 0 Å². The number of hydrogen-bond acceptors (Lipinski definition) is 7. The topological polar surface area (TPSA) is 108 Å². The van der Waals surface area contributed by atoms with Crippen molar-refractivity contribution in [2.75, 3.05) is 47.5 Å². The molecule has 0 aliphatic heterocycles. The van der Waals surface area contributed by atoms with Crippen LogP contribution in [-0.2, 0) is 32.7 Å². The fourth-order valence-corrected chi connectivity index (χ4v) is 7.61. The highest BCUT2D eigenvalue weighted by Gasteiger charge is 2.27. The minimum atomic E-state index is -4.42. The molecular formula is C66H105NO8P+. The van der Waals surface area contributed by atoms with Gasteiger partial charge in [-0.3, -0.25) is 18.6 Å². The zero-order valence-corrected chi connectivity index (χ0v) is 49.1. The number of rotatable bonds is 50. The van der Waals surface area contributed by atoms with E-state index in [1.54, 1.807) is 0 Å². The van der Waals surface area contributed by atoms with Crippen LogP contribution < -0.4 is 0 Å². The number of hydrogen-bond donors (Lipinski definition) is 1. The second-order valence-electron chi connectivity index (χ2n) is 19.6. The lowest BCUT2D eigenvalue weighted by Gasteiger charge is -2.24. The molecule has 76 heavy (non-hydrogen) atoms. The quantitative estimate of drug-likeness (QED) is 0.0211. The van der Waals surface area contributed by atoms with Gasteiger partial charge in [-0.2, -0.15) is 0 Å². The molecule has 0 amide bonds. The Kier molecular flexibility index (Phi) is 51.8. The monoisotopic (exact) mass is 1070 g/mol. The van der Waals surface area contributed by atoms with E-state index >= 15 is 0 Å². The molecule has 2 atom stereocenters. The van der Waals surface area contributed by atoms with E-state index in [1.165, 1.54) is 12.8 Å². The molecule has 0 aromatic rings. The first-order chi connectivity index (χ1) is 37.0. The second-order valence-corrected chi connectivity index (χ2v) is 21.0. The number of allylic oxidation sites excluding steroid dienone is 28. The Morgan fingerprint density at radius 2 is 0.724 bits per heavy atom. The molecule has 0 aliphatic rings. The molecule has 0 saturated carbocycles. The molecule has 0 aromatic heterocycles. The standard InChI is InChI=1S/C66H104NO8P/c1-6-8-10-12-14-16-18-20-22-24-26-28-30-31-32-33-34-35-37-39-41-43-45-47-49-51-53-55-57-59-66(69)75-64(63-74-76(70,71)73-61-60-67(3,4)5)62-72-65(68)58-56-54-52-50-48-46-44-42-40-38-36-29-27-25-23-21-19-17-15-13-11-9-7-2/h8-11,14-17,20-23,26-29,31-32,34-35,38-41,44,46,50,52,64H,6-7,12-13,18-19,24-25,30,33,36-37,42-43,45,47-49,51,53-63H2,1-5H3/p+1/b10-8-,11-9-,16-14-,17-15-,22-20-,23-21-,28-26-,29-27-,32-31-,35-34-,40-38-,41-39-,46-44-,52-50-. The van der Waals surface area contributed by atoms with Gasteiger partial charge < -0.3 is 18.9 Å². The molecule has 0 heterocycles. The Bertz CT molecular complexity index is 1880. The minimum absolute atomic E-state index is 0.00926. The number of nitrogens with zero attached hydrogens (tertiary/aromatic N) is 1. The average Bonchev–Trinajstić information content (AvgIpc) is 3.38. The minimum Gasteiger partial charge on any atom is -0.462 e. The zero-order chi connectivity index (χ0) is 55.6. The molecule has 426 valence electrons. The molecule has 0 spiro atoms. The SMILES string of the molecule is CC/C=C\C/C=C\C/C=C\C/C=C\C/C=C\C/C=C\C/C=C\CCCCCCCCCC(=O)OC(COC(=O)CCC/C=C\C/C=C\C/C=C\C/C=C\C/C=C\C/C=C\C/C=C\CC)COP(=O)(O)OCC[N+](C)(C)C. The van der Waals surface area contributed by atoms with Crippen LogP contribution in [-0.4, -0.2) is 74.9 Å². The molecule has 2 unspecified atom stereocenters. The number of carbonyl (C=O) groups excluding carboxylic acids is 2. The van der Waals surface area contributed by atoms with Gasteiger partial charge in [-0.15, -0.1) is 0 Å². The van der Waals surface area contributed by atoms with E-state index in [0.717, 1.165) is 128 Å². The van der Waals surface area contributed by atoms with Crippen molar-refractivity contribution in [2.24, 2.45) is 0 Å². The fourth-order valence-electron chi connectivity index (χ4n) is 6.86. The first kappa shape index (κ1) is 71.4. The maximum atomic E-state index is 12.8. The lowest BCUT2D eigenvalue weighted by molar-refractivity contribution is -0.870. The maximum Gasteiger partial charge on any atom is 0.472 e. The molecule has 0 aromatic carbocycles. The first-order valence-electron chi connectivity index (χ1n) is 28.9. The summed E-state index contributed by atoms with van der Waals surface area (Å²) in [6, 6.07) is 0. The van der Waals surface area contributed by atoms with Crippen molar-refractivity contribution in [1.29, 1.82) is 0 Å². The van der Waals surface area contributed by atoms with Crippen LogP contribution in [0.15, 0.2) is 170 Å². The summed E-state index contributed by atoms with van der Waals surface area (Å²) in [5, 5.41) is 0. The molecule has 0 aliphatic carbocycles. The third-order valence-electron chi connectivity index (χ3n) is 11.2. The van der Waals surface area contributed by atoms with Crippen molar-refractivity contribution in [2.45, 2.75) is 187 Å². The van der Waals surface area contributed by atoms with E-state index in [2.05, 4.69) is 184 Å². The molecule has 10 heteroatoms. The van der Waals surface area contributed by atoms with E-state index in [0.29, 0.717) is 23.9 Å². The highest BCUT2D eigenvalue weighted by atomic mass is 31.2. The van der Waals surface area contributed by atoms with Gasteiger partial charge in [0.1, 0.15) is 19.8 Å². The van der Waals surface area contributed by atoms with Gasteiger partial charge in [-0.1, -0.05) is 216 Å². The van der Waals surface area contributed by atoms with Crippen molar-refractivity contribution < 1.29 is 42.1 Å². The molecule has 0 fully saturated rings. The molecular weight excluding hydrogens is 966 g/mol. The molecule has 0 rings (SSSR count). The number of phosphoric acid groups is 1. The van der Waals surface area contributed by atoms with Gasteiger partial charge in [0.25, 0.3) is 0 Å². The number of carbonyl (C=O) groups is 2. The maximum absolute atomic E-state index is 12.8. The predicted octanol–water partition coefficient (Wildman–Crippen LogP) is 18.3. The normalized spacial score (nSPS) is 14.6. The van der Waals surface area contributed by atoms with Crippen LogP contribution in [0.5, 0.6) is 0 Å². The van der Waals surface area contributed by atoms with E-state index in [-0.39, 0.29) is 26.1 Å². The van der Waals surface area contributed by atoms with Crippen LogP contribution in [0.3, 0.4) is 0 Å². The first-order valence-corrected chi connectivity index (χ1v) is 30.4. The van der Waals surface area contributed by atoms with Gasteiger partial charge >= 0.3 is 19.8 Å². The van der Waals surface area contributed by atoms with Crippen molar-refractivity contribution in [3.8, 4) is 0 Å². The molecule has 9 nitrogen and oxygen atoms in total. The second kappa shape index (κ2) is 55.1. The molecule has 0 bridgehead atoms. The van der Waals surface area contributed by atoms with E-state index in [4.69, 9.17) is 18.5 Å². The number of unbranched alkanes of at least 4 members (excludes halogenated alkanes) is 8. The van der Waals surface area contributed by atoms with Gasteiger partial charge in [0.15, 0.2) is 6.10 Å². The summed E-state index contributed by atoms with van der Waals surface area (Å²) in [5.74, 6) is -0.897. The van der Waals surface area contributed by atoms with Crippen LogP contribution in [0.1, 0.15) is 181 Å². The summed E-state index contributed by atoms with van der Waals surface area (Å²) in [6.07, 6.45) is 84.2. The molecule has 0 radical (unpaired) electrons. The number of ether oxygens (including phenoxy) is 2. The summed E-state index contributed by atoms with van der Waals surface area (Å²) in [4.78, 5) is 35.7. The average molecular weight is 1070 g/mol. The van der Waals surface area contributed by atoms with Crippen molar-refractivity contribution in [1.82, 2.24) is 0 Å². The summed E-state index contributed by atoms with van der Waals surface area (Å²) >= 11 is 0. The highest BCUT2D eigenvalue weighted by molar-refractivity contribution is 7.47. The summed E-state index contributed by atoms with van der Waals surface area (Å²) in [7, 11) is 1.41. The predicted molar refractivity (Wildman–Crippen MR) is 325 cm³/mol. The van der Waals surface area contributed by atoms with Crippen LogP contribution in [0.2, 0.25) is 0 Å². The Morgan fingerprint density at radius 3 is 1.09 bits per heavy atom. The molecule has 0 saturated heterocycles. The smallest absolute Gasteiger partial charge is 0.462 e. The van der Waals surface area contributed by atoms with Crippen LogP contribution in [0.25, 0.3) is 0 Å². The Balaban J connectivity index is 4.35. The number of likely N-dealkylation sites (N-methyl/N-ethyl adjacent to an activating group) is 1.